The van der Waals surface area contributed by atoms with Gasteiger partial charge >= 0.3 is 6.18 Å². The molecule has 1 aromatic rings. The van der Waals surface area contributed by atoms with Crippen molar-refractivity contribution >= 4 is 6.29 Å². The summed E-state index contributed by atoms with van der Waals surface area (Å²) in [5.74, 6) is -1.61. The molecule has 0 N–H and O–H groups in total. The third-order valence-electron chi connectivity index (χ3n) is 2.08. The fraction of sp³-hybridized carbons (Fsp3) is 0.300. The first-order valence-corrected chi connectivity index (χ1v) is 4.07. The Hall–Kier alpha value is -1.32. The number of aldehydes is 1. The Labute approximate surface area is 79.5 Å². The minimum absolute atomic E-state index is 0.0231. The molecule has 0 aliphatic rings. The van der Waals surface area contributed by atoms with Gasteiger partial charge in [0.25, 0.3) is 0 Å². The van der Waals surface area contributed by atoms with Crippen LogP contribution in [0.5, 0.6) is 0 Å². The molecule has 14 heavy (non-hydrogen) atoms. The van der Waals surface area contributed by atoms with Crippen molar-refractivity contribution in [2.75, 3.05) is 0 Å². The van der Waals surface area contributed by atoms with Crippen molar-refractivity contribution in [3.8, 4) is 0 Å². The molecule has 0 heterocycles. The number of hydrogen-bond donors (Lipinski definition) is 0. The van der Waals surface area contributed by atoms with Crippen LogP contribution >= 0.6 is 0 Å². The molecule has 0 bridgehead atoms. The lowest BCUT2D eigenvalue weighted by Gasteiger charge is -2.17. The molecular weight excluding hydrogens is 193 g/mol. The summed E-state index contributed by atoms with van der Waals surface area (Å²) in [4.78, 5) is 10.5. The van der Waals surface area contributed by atoms with Crippen LogP contribution in [0.2, 0.25) is 0 Å². The highest BCUT2D eigenvalue weighted by Crippen LogP contribution is 2.35. The Balaban J connectivity index is 3.12. The lowest BCUT2D eigenvalue weighted by molar-refractivity contribution is -0.146. The maximum Gasteiger partial charge on any atom is 0.395 e. The number of rotatable bonds is 2. The van der Waals surface area contributed by atoms with E-state index in [1.807, 2.05) is 0 Å². The van der Waals surface area contributed by atoms with Crippen LogP contribution in [-0.4, -0.2) is 12.5 Å². The molecule has 1 aromatic carbocycles. The minimum atomic E-state index is -4.31. The second kappa shape index (κ2) is 3.82. The molecule has 76 valence electrons. The van der Waals surface area contributed by atoms with Crippen LogP contribution < -0.4 is 0 Å². The summed E-state index contributed by atoms with van der Waals surface area (Å²) in [6.45, 7) is 1.04. The van der Waals surface area contributed by atoms with Crippen molar-refractivity contribution < 1.29 is 18.0 Å². The average Bonchev–Trinajstić information content (AvgIpc) is 2.15. The van der Waals surface area contributed by atoms with E-state index < -0.39 is 12.1 Å². The number of carbonyl (C=O) groups excluding carboxylic acids is 1. The SMILES string of the molecule is CC(c1ccccc1C=O)C(F)(F)F. The Bertz CT molecular complexity index is 330. The molecule has 0 saturated heterocycles. The van der Waals surface area contributed by atoms with Crippen LogP contribution in [0.25, 0.3) is 0 Å². The molecular formula is C10H9F3O. The topological polar surface area (TPSA) is 17.1 Å². The van der Waals surface area contributed by atoms with Gasteiger partial charge in [0.15, 0.2) is 0 Å². The third kappa shape index (κ3) is 2.13. The van der Waals surface area contributed by atoms with Crippen LogP contribution in [-0.2, 0) is 0 Å². The molecule has 0 radical (unpaired) electrons. The van der Waals surface area contributed by atoms with E-state index in [9.17, 15) is 18.0 Å². The summed E-state index contributed by atoms with van der Waals surface area (Å²) in [6, 6.07) is 5.73. The largest absolute Gasteiger partial charge is 0.395 e. The average molecular weight is 202 g/mol. The Morgan fingerprint density at radius 3 is 2.36 bits per heavy atom. The van der Waals surface area contributed by atoms with Crippen molar-refractivity contribution in [1.29, 1.82) is 0 Å². The zero-order valence-electron chi connectivity index (χ0n) is 7.51. The first-order chi connectivity index (χ1) is 6.46. The van der Waals surface area contributed by atoms with E-state index in [2.05, 4.69) is 0 Å². The van der Waals surface area contributed by atoms with Gasteiger partial charge in [0, 0.05) is 5.56 Å². The van der Waals surface area contributed by atoms with Gasteiger partial charge in [-0.3, -0.25) is 4.79 Å². The van der Waals surface area contributed by atoms with Gasteiger partial charge in [-0.1, -0.05) is 24.3 Å². The van der Waals surface area contributed by atoms with Crippen molar-refractivity contribution in [3.63, 3.8) is 0 Å². The van der Waals surface area contributed by atoms with Gasteiger partial charge in [-0.15, -0.1) is 0 Å². The predicted octanol–water partition coefficient (Wildman–Crippen LogP) is 3.16. The molecule has 1 nitrogen and oxygen atoms in total. The summed E-state index contributed by atoms with van der Waals surface area (Å²) in [7, 11) is 0. The molecule has 0 saturated carbocycles. The van der Waals surface area contributed by atoms with Gasteiger partial charge in [-0.25, -0.2) is 0 Å². The summed E-state index contributed by atoms with van der Waals surface area (Å²) in [5, 5.41) is 0. The fourth-order valence-corrected chi connectivity index (χ4v) is 1.19. The van der Waals surface area contributed by atoms with E-state index in [0.29, 0.717) is 6.29 Å². The number of halogens is 3. The summed E-state index contributed by atoms with van der Waals surface area (Å²) >= 11 is 0. The van der Waals surface area contributed by atoms with Gasteiger partial charge in [-0.2, -0.15) is 13.2 Å². The molecule has 0 aromatic heterocycles. The molecule has 0 aliphatic heterocycles. The zero-order valence-corrected chi connectivity index (χ0v) is 7.51. The highest BCUT2D eigenvalue weighted by atomic mass is 19.4. The van der Waals surface area contributed by atoms with Crippen LogP contribution in [0.4, 0.5) is 13.2 Å². The summed E-state index contributed by atoms with van der Waals surface area (Å²) < 4.78 is 37.0. The second-order valence-corrected chi connectivity index (χ2v) is 3.01. The van der Waals surface area contributed by atoms with Gasteiger partial charge in [0.05, 0.1) is 5.92 Å². The number of benzene rings is 1. The highest BCUT2D eigenvalue weighted by molar-refractivity contribution is 5.77. The number of carbonyl (C=O) groups is 1. The van der Waals surface area contributed by atoms with Crippen molar-refractivity contribution in [2.24, 2.45) is 0 Å². The van der Waals surface area contributed by atoms with Gasteiger partial charge < -0.3 is 0 Å². The van der Waals surface area contributed by atoms with E-state index in [1.54, 1.807) is 0 Å². The standard InChI is InChI=1S/C10H9F3O/c1-7(10(11,12)13)9-5-3-2-4-8(9)6-14/h2-7H,1H3. The van der Waals surface area contributed by atoms with E-state index >= 15 is 0 Å². The quantitative estimate of drug-likeness (QED) is 0.673. The molecule has 4 heteroatoms. The molecule has 0 aliphatic carbocycles. The van der Waals surface area contributed by atoms with Crippen LogP contribution in [0.1, 0.15) is 28.8 Å². The van der Waals surface area contributed by atoms with Crippen molar-refractivity contribution in [2.45, 2.75) is 19.0 Å². The second-order valence-electron chi connectivity index (χ2n) is 3.01. The van der Waals surface area contributed by atoms with Crippen molar-refractivity contribution in [1.82, 2.24) is 0 Å². The lowest BCUT2D eigenvalue weighted by Crippen LogP contribution is -2.18. The number of hydrogen-bond acceptors (Lipinski definition) is 1. The third-order valence-corrected chi connectivity index (χ3v) is 2.08. The van der Waals surface area contributed by atoms with E-state index in [0.717, 1.165) is 6.92 Å². The van der Waals surface area contributed by atoms with Crippen LogP contribution in [0.3, 0.4) is 0 Å². The van der Waals surface area contributed by atoms with Gasteiger partial charge in [-0.05, 0) is 12.5 Å². The maximum atomic E-state index is 12.3. The normalized spacial score (nSPS) is 13.7. The molecule has 1 atom stereocenters. The monoisotopic (exact) mass is 202 g/mol. The maximum absolute atomic E-state index is 12.3. The smallest absolute Gasteiger partial charge is 0.298 e. The Morgan fingerprint density at radius 1 is 1.29 bits per heavy atom. The first kappa shape index (κ1) is 10.8. The summed E-state index contributed by atoms with van der Waals surface area (Å²) in [5.41, 5.74) is 0.118. The molecule has 0 fully saturated rings. The predicted molar refractivity (Wildman–Crippen MR) is 46.3 cm³/mol. The Kier molecular flexibility index (Phi) is 2.93. The van der Waals surface area contributed by atoms with Gasteiger partial charge in [0.1, 0.15) is 6.29 Å². The van der Waals surface area contributed by atoms with E-state index in [1.165, 1.54) is 24.3 Å². The minimum Gasteiger partial charge on any atom is -0.298 e. The van der Waals surface area contributed by atoms with Crippen LogP contribution in [0, 0.1) is 0 Å². The molecule has 0 amide bonds. The van der Waals surface area contributed by atoms with Crippen LogP contribution in [0.15, 0.2) is 24.3 Å². The van der Waals surface area contributed by atoms with Crippen molar-refractivity contribution in [3.05, 3.63) is 35.4 Å². The zero-order chi connectivity index (χ0) is 10.8. The summed E-state index contributed by atoms with van der Waals surface area (Å²) in [6.07, 6.45) is -3.86. The van der Waals surface area contributed by atoms with E-state index in [4.69, 9.17) is 0 Å². The first-order valence-electron chi connectivity index (χ1n) is 4.07. The van der Waals surface area contributed by atoms with Gasteiger partial charge in [0.2, 0.25) is 0 Å². The Morgan fingerprint density at radius 2 is 1.86 bits per heavy atom. The van der Waals surface area contributed by atoms with E-state index in [-0.39, 0.29) is 11.1 Å². The molecule has 1 rings (SSSR count). The number of alkyl halides is 3. The molecule has 0 spiro atoms. The lowest BCUT2D eigenvalue weighted by atomic mass is 9.96. The fourth-order valence-electron chi connectivity index (χ4n) is 1.19. The molecule has 1 unspecified atom stereocenters. The highest BCUT2D eigenvalue weighted by Gasteiger charge is 2.37.